The van der Waals surface area contributed by atoms with E-state index >= 15 is 0 Å². The standard InChI is InChI=1S/C22H28F6N2O2/c1-13(2)20(5-3-17(10-20)30-18-4-6-32-12-18)19(31)29-11-14-7-15(21(23,24)25)9-16(8-14)22(26,27)28/h7-9,13,17-18,30H,3-6,10-12H2,1-2H3,(H,29,31)/t17-,18?,20+/m1/s1. The molecule has 180 valence electrons. The van der Waals surface area contributed by atoms with Gasteiger partial charge in [-0.3, -0.25) is 4.79 Å². The van der Waals surface area contributed by atoms with Gasteiger partial charge in [0.1, 0.15) is 0 Å². The summed E-state index contributed by atoms with van der Waals surface area (Å²) in [5.41, 5.74) is -3.75. The highest BCUT2D eigenvalue weighted by Crippen LogP contribution is 2.45. The summed E-state index contributed by atoms with van der Waals surface area (Å²) >= 11 is 0. The Morgan fingerprint density at radius 1 is 1.06 bits per heavy atom. The molecule has 2 aliphatic rings. The van der Waals surface area contributed by atoms with Gasteiger partial charge in [-0.2, -0.15) is 26.3 Å². The molecule has 2 N–H and O–H groups in total. The number of hydrogen-bond donors (Lipinski definition) is 2. The number of benzene rings is 1. The molecule has 4 nitrogen and oxygen atoms in total. The summed E-state index contributed by atoms with van der Waals surface area (Å²) in [7, 11) is 0. The highest BCUT2D eigenvalue weighted by molar-refractivity contribution is 5.83. The van der Waals surface area contributed by atoms with Crippen LogP contribution in [0.1, 0.15) is 56.2 Å². The van der Waals surface area contributed by atoms with Crippen LogP contribution in [0.5, 0.6) is 0 Å². The van der Waals surface area contributed by atoms with Crippen LogP contribution >= 0.6 is 0 Å². The Morgan fingerprint density at radius 2 is 1.69 bits per heavy atom. The number of hydrogen-bond acceptors (Lipinski definition) is 3. The van der Waals surface area contributed by atoms with E-state index in [4.69, 9.17) is 4.74 Å². The zero-order valence-electron chi connectivity index (χ0n) is 18.0. The van der Waals surface area contributed by atoms with Crippen LogP contribution in [-0.2, 0) is 28.4 Å². The van der Waals surface area contributed by atoms with E-state index in [2.05, 4.69) is 10.6 Å². The summed E-state index contributed by atoms with van der Waals surface area (Å²) in [6.07, 6.45) is -7.03. The van der Waals surface area contributed by atoms with Gasteiger partial charge in [0.2, 0.25) is 5.91 Å². The highest BCUT2D eigenvalue weighted by atomic mass is 19.4. The number of ether oxygens (including phenoxy) is 1. The number of halogens is 6. The molecule has 1 aliphatic carbocycles. The second-order valence-electron chi connectivity index (χ2n) is 9.07. The van der Waals surface area contributed by atoms with E-state index in [1.54, 1.807) is 0 Å². The first-order valence-corrected chi connectivity index (χ1v) is 10.7. The van der Waals surface area contributed by atoms with E-state index in [0.29, 0.717) is 38.2 Å². The first-order chi connectivity index (χ1) is 14.8. The molecule has 0 aromatic heterocycles. The molecular formula is C22H28F6N2O2. The Labute approximate surface area is 183 Å². The molecule has 1 aliphatic heterocycles. The molecule has 2 fully saturated rings. The second-order valence-corrected chi connectivity index (χ2v) is 9.07. The van der Waals surface area contributed by atoms with Crippen molar-refractivity contribution in [1.82, 2.24) is 10.6 Å². The summed E-state index contributed by atoms with van der Waals surface area (Å²) < 4.78 is 83.9. The quantitative estimate of drug-likeness (QED) is 0.586. The van der Waals surface area contributed by atoms with Crippen molar-refractivity contribution in [1.29, 1.82) is 0 Å². The van der Waals surface area contributed by atoms with Gasteiger partial charge in [0.05, 0.1) is 23.1 Å². The molecule has 32 heavy (non-hydrogen) atoms. The molecule has 1 saturated carbocycles. The van der Waals surface area contributed by atoms with Crippen molar-refractivity contribution in [2.75, 3.05) is 13.2 Å². The Morgan fingerprint density at radius 3 is 2.19 bits per heavy atom. The lowest BCUT2D eigenvalue weighted by molar-refractivity contribution is -0.143. The fourth-order valence-electron chi connectivity index (χ4n) is 4.69. The van der Waals surface area contributed by atoms with Gasteiger partial charge in [0.15, 0.2) is 0 Å². The molecule has 0 radical (unpaired) electrons. The zero-order valence-corrected chi connectivity index (χ0v) is 18.0. The Balaban J connectivity index is 1.73. The second kappa shape index (κ2) is 9.21. The van der Waals surface area contributed by atoms with Crippen LogP contribution in [0.3, 0.4) is 0 Å². The molecule has 0 spiro atoms. The van der Waals surface area contributed by atoms with Crippen molar-refractivity contribution >= 4 is 5.91 Å². The molecule has 1 saturated heterocycles. The average Bonchev–Trinajstić information content (AvgIpc) is 3.35. The van der Waals surface area contributed by atoms with Crippen molar-refractivity contribution in [3.63, 3.8) is 0 Å². The Kier molecular flexibility index (Phi) is 7.14. The lowest BCUT2D eigenvalue weighted by Gasteiger charge is -2.33. The predicted octanol–water partition coefficient (Wildman–Crippen LogP) is 4.91. The summed E-state index contributed by atoms with van der Waals surface area (Å²) in [4.78, 5) is 13.1. The summed E-state index contributed by atoms with van der Waals surface area (Å²) in [6, 6.07) is 1.73. The maximum Gasteiger partial charge on any atom is 0.416 e. The van der Waals surface area contributed by atoms with Gasteiger partial charge in [-0.15, -0.1) is 0 Å². The maximum absolute atomic E-state index is 13.1. The number of carbonyl (C=O) groups excluding carboxylic acids is 1. The van der Waals surface area contributed by atoms with Crippen molar-refractivity contribution in [2.45, 2.75) is 70.5 Å². The van der Waals surface area contributed by atoms with E-state index in [1.165, 1.54) is 0 Å². The minimum absolute atomic E-state index is 0.0404. The number of rotatable bonds is 6. The average molecular weight is 466 g/mol. The van der Waals surface area contributed by atoms with Gasteiger partial charge >= 0.3 is 12.4 Å². The van der Waals surface area contributed by atoms with E-state index in [-0.39, 0.29) is 35.5 Å². The third-order valence-corrected chi connectivity index (χ3v) is 6.61. The topological polar surface area (TPSA) is 50.4 Å². The Bertz CT molecular complexity index is 785. The zero-order chi connectivity index (χ0) is 23.7. The minimum atomic E-state index is -4.92. The van der Waals surface area contributed by atoms with E-state index in [9.17, 15) is 31.1 Å². The largest absolute Gasteiger partial charge is 0.416 e. The molecule has 1 heterocycles. The Hall–Kier alpha value is -1.81. The minimum Gasteiger partial charge on any atom is -0.380 e. The van der Waals surface area contributed by atoms with Gasteiger partial charge in [0, 0.05) is 25.2 Å². The fourth-order valence-corrected chi connectivity index (χ4v) is 4.69. The van der Waals surface area contributed by atoms with Crippen LogP contribution < -0.4 is 10.6 Å². The number of carbonyl (C=O) groups is 1. The van der Waals surface area contributed by atoms with Crippen LogP contribution in [0.4, 0.5) is 26.3 Å². The van der Waals surface area contributed by atoms with Gasteiger partial charge < -0.3 is 15.4 Å². The van der Waals surface area contributed by atoms with E-state index in [1.807, 2.05) is 13.8 Å². The van der Waals surface area contributed by atoms with Gasteiger partial charge in [-0.1, -0.05) is 13.8 Å². The van der Waals surface area contributed by atoms with Crippen LogP contribution in [0, 0.1) is 11.3 Å². The molecule has 1 unspecified atom stereocenters. The van der Waals surface area contributed by atoms with Crippen molar-refractivity contribution in [3.05, 3.63) is 34.9 Å². The first kappa shape index (κ1) is 24.8. The van der Waals surface area contributed by atoms with Gasteiger partial charge in [0.25, 0.3) is 0 Å². The van der Waals surface area contributed by atoms with Crippen LogP contribution in [0.25, 0.3) is 0 Å². The molecule has 1 aromatic carbocycles. The van der Waals surface area contributed by atoms with E-state index < -0.39 is 35.4 Å². The predicted molar refractivity (Wildman–Crippen MR) is 106 cm³/mol. The molecule has 10 heteroatoms. The maximum atomic E-state index is 13.1. The number of nitrogens with one attached hydrogen (secondary N) is 2. The van der Waals surface area contributed by atoms with Crippen molar-refractivity contribution < 1.29 is 35.9 Å². The molecule has 1 aromatic rings. The molecular weight excluding hydrogens is 438 g/mol. The lowest BCUT2D eigenvalue weighted by atomic mass is 9.74. The van der Waals surface area contributed by atoms with Gasteiger partial charge in [-0.05, 0) is 55.4 Å². The summed E-state index contributed by atoms with van der Waals surface area (Å²) in [5.74, 6) is -0.383. The van der Waals surface area contributed by atoms with Crippen LogP contribution in [0.2, 0.25) is 0 Å². The van der Waals surface area contributed by atoms with Crippen LogP contribution in [-0.4, -0.2) is 31.2 Å². The normalized spacial score (nSPS) is 26.7. The highest BCUT2D eigenvalue weighted by Gasteiger charge is 2.47. The lowest BCUT2D eigenvalue weighted by Crippen LogP contribution is -2.45. The molecule has 1 amide bonds. The van der Waals surface area contributed by atoms with Crippen molar-refractivity contribution in [2.24, 2.45) is 11.3 Å². The smallest absolute Gasteiger partial charge is 0.380 e. The van der Waals surface area contributed by atoms with E-state index in [0.717, 1.165) is 12.8 Å². The molecule has 3 atom stereocenters. The molecule has 3 rings (SSSR count). The SMILES string of the molecule is CC(C)[C@]1(C(=O)NCc2cc(C(F)(F)F)cc(C(F)(F)F)c2)CC[C@@H](NC2CCOC2)C1. The first-order valence-electron chi connectivity index (χ1n) is 10.7. The van der Waals surface area contributed by atoms with Crippen molar-refractivity contribution in [3.8, 4) is 0 Å². The third-order valence-electron chi connectivity index (χ3n) is 6.61. The third kappa shape index (κ3) is 5.57. The summed E-state index contributed by atoms with van der Waals surface area (Å²) in [5, 5.41) is 6.12. The van der Waals surface area contributed by atoms with Crippen LogP contribution in [0.15, 0.2) is 18.2 Å². The molecule has 0 bridgehead atoms. The number of amides is 1. The monoisotopic (exact) mass is 466 g/mol. The summed E-state index contributed by atoms with van der Waals surface area (Å²) in [6.45, 7) is 4.72. The van der Waals surface area contributed by atoms with Gasteiger partial charge in [-0.25, -0.2) is 0 Å². The fraction of sp³-hybridized carbons (Fsp3) is 0.682. The number of alkyl halides is 6.